The number of rotatable bonds is 6. The second-order valence-electron chi connectivity index (χ2n) is 9.30. The number of aryl methyl sites for hydroxylation is 2. The Labute approximate surface area is 225 Å². The number of fused-ring (bicyclic) bond motifs is 1. The number of benzene rings is 2. The third-order valence-corrected chi connectivity index (χ3v) is 8.67. The molecule has 196 valence electrons. The third kappa shape index (κ3) is 4.46. The largest absolute Gasteiger partial charge is 0.399 e. The molecule has 0 aliphatic heterocycles. The first-order valence-corrected chi connectivity index (χ1v) is 13.4. The lowest BCUT2D eigenvalue weighted by molar-refractivity contribution is 0.405. The molecule has 5 rings (SSSR count). The molecule has 2 N–H and O–H groups in total. The van der Waals surface area contributed by atoms with E-state index < -0.39 is 22.9 Å². The molecule has 0 spiro atoms. The van der Waals surface area contributed by atoms with E-state index in [1.54, 1.807) is 19.1 Å². The summed E-state index contributed by atoms with van der Waals surface area (Å²) in [6.07, 6.45) is 0. The minimum Gasteiger partial charge on any atom is -0.399 e. The van der Waals surface area contributed by atoms with Crippen LogP contribution in [0.5, 0.6) is 0 Å². The van der Waals surface area contributed by atoms with Gasteiger partial charge >= 0.3 is 5.69 Å². The molecule has 0 aliphatic carbocycles. The summed E-state index contributed by atoms with van der Waals surface area (Å²) in [6.45, 7) is 3.67. The maximum absolute atomic E-state index is 14.7. The average Bonchev–Trinajstić information content (AvgIpc) is 3.38. The van der Waals surface area contributed by atoms with Gasteiger partial charge in [-0.05, 0) is 63.3 Å². The summed E-state index contributed by atoms with van der Waals surface area (Å²) in [4.78, 5) is 36.3. The number of anilines is 1. The second kappa shape index (κ2) is 9.90. The minimum absolute atomic E-state index is 0.218. The molecule has 5 aromatic rings. The fraction of sp³-hybridized carbons (Fsp3) is 0.222. The van der Waals surface area contributed by atoms with Crippen LogP contribution in [-0.4, -0.2) is 33.1 Å². The predicted molar refractivity (Wildman–Crippen MR) is 150 cm³/mol. The molecule has 0 atom stereocenters. The Balaban J connectivity index is 1.91. The highest BCUT2D eigenvalue weighted by atomic mass is 32.1. The quantitative estimate of drug-likeness (QED) is 0.302. The highest BCUT2D eigenvalue weighted by molar-refractivity contribution is 7.22. The van der Waals surface area contributed by atoms with E-state index in [0.29, 0.717) is 33.7 Å². The third-order valence-electron chi connectivity index (χ3n) is 6.31. The van der Waals surface area contributed by atoms with Gasteiger partial charge in [0, 0.05) is 27.5 Å². The lowest BCUT2D eigenvalue weighted by Gasteiger charge is -2.14. The Hall–Kier alpha value is -3.67. The topological polar surface area (TPSA) is 86.2 Å². The van der Waals surface area contributed by atoms with E-state index in [1.165, 1.54) is 33.3 Å². The van der Waals surface area contributed by atoms with Crippen LogP contribution in [0.25, 0.3) is 25.8 Å². The number of nitrogen functional groups attached to an aromatic ring is 1. The van der Waals surface area contributed by atoms with Crippen LogP contribution in [0.15, 0.2) is 52.1 Å². The summed E-state index contributed by atoms with van der Waals surface area (Å²) in [5.41, 5.74) is 7.24. The molecule has 0 radical (unpaired) electrons. The number of halogens is 2. The average molecular weight is 554 g/mol. The Bertz CT molecular complexity index is 1760. The van der Waals surface area contributed by atoms with Crippen molar-refractivity contribution < 1.29 is 8.78 Å². The van der Waals surface area contributed by atoms with E-state index >= 15 is 0 Å². The smallest absolute Gasteiger partial charge is 0.338 e. The molecule has 0 fully saturated rings. The van der Waals surface area contributed by atoms with Crippen LogP contribution in [0, 0.1) is 25.5 Å². The zero-order valence-corrected chi connectivity index (χ0v) is 22.8. The van der Waals surface area contributed by atoms with E-state index in [-0.39, 0.29) is 17.2 Å². The van der Waals surface area contributed by atoms with Gasteiger partial charge < -0.3 is 10.6 Å². The van der Waals surface area contributed by atoms with Gasteiger partial charge in [-0.3, -0.25) is 9.36 Å². The van der Waals surface area contributed by atoms with Crippen molar-refractivity contribution >= 4 is 38.6 Å². The second-order valence-corrected chi connectivity index (χ2v) is 11.5. The summed E-state index contributed by atoms with van der Waals surface area (Å²) < 4.78 is 31.8. The lowest BCUT2D eigenvalue weighted by Crippen LogP contribution is -2.39. The van der Waals surface area contributed by atoms with Crippen LogP contribution in [0.4, 0.5) is 14.5 Å². The molecule has 0 saturated carbocycles. The number of hydrogen-bond acceptors (Lipinski definition) is 7. The standard InChI is InChI=1S/C27H25F2N5O2S2/c1-14-15(2)37-26(31-14)34-24(35)22-19(12-32(3)4)23(16-8-10-17(30)11-9-16)38-25(22)33(27(34)36)13-18-20(28)6-5-7-21(18)29/h5-11H,12-13,30H2,1-4H3. The van der Waals surface area contributed by atoms with E-state index in [2.05, 4.69) is 4.98 Å². The van der Waals surface area contributed by atoms with Gasteiger partial charge in [-0.1, -0.05) is 18.2 Å². The van der Waals surface area contributed by atoms with Crippen molar-refractivity contribution in [2.24, 2.45) is 0 Å². The fourth-order valence-electron chi connectivity index (χ4n) is 4.30. The Kier molecular flexibility index (Phi) is 6.76. The maximum atomic E-state index is 14.7. The summed E-state index contributed by atoms with van der Waals surface area (Å²) in [5, 5.41) is 0.535. The van der Waals surface area contributed by atoms with Gasteiger partial charge in [-0.25, -0.2) is 23.1 Å². The van der Waals surface area contributed by atoms with Gasteiger partial charge in [0.05, 0.1) is 17.6 Å². The molecule has 0 saturated heterocycles. The van der Waals surface area contributed by atoms with Crippen LogP contribution >= 0.6 is 22.7 Å². The first kappa shape index (κ1) is 26.0. The SMILES string of the molecule is Cc1nc(-n2c(=O)c3c(CN(C)C)c(-c4ccc(N)cc4)sc3n(Cc3c(F)cccc3F)c2=O)sc1C. The lowest BCUT2D eigenvalue weighted by atomic mass is 10.1. The van der Waals surface area contributed by atoms with Crippen molar-refractivity contribution in [2.45, 2.75) is 26.9 Å². The summed E-state index contributed by atoms with van der Waals surface area (Å²) in [7, 11) is 3.76. The molecule has 0 amide bonds. The number of nitrogens with zero attached hydrogens (tertiary/aromatic N) is 4. The van der Waals surface area contributed by atoms with Gasteiger partial charge in [-0.15, -0.1) is 22.7 Å². The van der Waals surface area contributed by atoms with Crippen LogP contribution in [0.1, 0.15) is 21.7 Å². The van der Waals surface area contributed by atoms with E-state index in [0.717, 1.165) is 32.0 Å². The number of hydrogen-bond donors (Lipinski definition) is 1. The molecular weight excluding hydrogens is 528 g/mol. The molecule has 38 heavy (non-hydrogen) atoms. The summed E-state index contributed by atoms with van der Waals surface area (Å²) in [5.74, 6) is -1.54. The Morgan fingerprint density at radius 1 is 0.974 bits per heavy atom. The predicted octanol–water partition coefficient (Wildman–Crippen LogP) is 4.92. The monoisotopic (exact) mass is 553 g/mol. The molecule has 2 aromatic carbocycles. The highest BCUT2D eigenvalue weighted by Crippen LogP contribution is 2.38. The van der Waals surface area contributed by atoms with Crippen molar-refractivity contribution in [3.05, 3.63) is 96.6 Å². The number of thiazole rings is 1. The van der Waals surface area contributed by atoms with Crippen LogP contribution < -0.4 is 17.0 Å². The first-order valence-electron chi connectivity index (χ1n) is 11.8. The molecule has 0 aliphatic rings. The van der Waals surface area contributed by atoms with E-state index in [4.69, 9.17) is 5.73 Å². The minimum atomic E-state index is -0.771. The molecular formula is C27H25F2N5O2S2. The Morgan fingerprint density at radius 2 is 1.63 bits per heavy atom. The van der Waals surface area contributed by atoms with Crippen LogP contribution in [0.3, 0.4) is 0 Å². The zero-order valence-electron chi connectivity index (χ0n) is 21.2. The number of aromatic nitrogens is 3. The molecule has 3 aromatic heterocycles. The van der Waals surface area contributed by atoms with E-state index in [1.807, 2.05) is 38.1 Å². The molecule has 11 heteroatoms. The van der Waals surface area contributed by atoms with Gasteiger partial charge in [0.15, 0.2) is 0 Å². The van der Waals surface area contributed by atoms with Gasteiger partial charge in [-0.2, -0.15) is 0 Å². The van der Waals surface area contributed by atoms with Crippen LogP contribution in [-0.2, 0) is 13.1 Å². The van der Waals surface area contributed by atoms with Crippen LogP contribution in [0.2, 0.25) is 0 Å². The van der Waals surface area contributed by atoms with Crippen molar-refractivity contribution in [1.82, 2.24) is 19.0 Å². The normalized spacial score (nSPS) is 11.7. The zero-order chi connectivity index (χ0) is 27.3. The van der Waals surface area contributed by atoms with Gasteiger partial charge in [0.1, 0.15) is 16.5 Å². The van der Waals surface area contributed by atoms with Crippen molar-refractivity contribution in [3.63, 3.8) is 0 Å². The van der Waals surface area contributed by atoms with Gasteiger partial charge in [0.25, 0.3) is 5.56 Å². The first-order chi connectivity index (χ1) is 18.1. The molecule has 0 unspecified atom stereocenters. The van der Waals surface area contributed by atoms with Gasteiger partial charge in [0.2, 0.25) is 5.13 Å². The van der Waals surface area contributed by atoms with E-state index in [9.17, 15) is 18.4 Å². The summed E-state index contributed by atoms with van der Waals surface area (Å²) >= 11 is 2.46. The maximum Gasteiger partial charge on any atom is 0.338 e. The van der Waals surface area contributed by atoms with Crippen molar-refractivity contribution in [3.8, 4) is 15.6 Å². The molecule has 7 nitrogen and oxygen atoms in total. The molecule has 0 bridgehead atoms. The highest BCUT2D eigenvalue weighted by Gasteiger charge is 2.26. The summed E-state index contributed by atoms with van der Waals surface area (Å²) in [6, 6.07) is 10.8. The van der Waals surface area contributed by atoms with Crippen molar-refractivity contribution in [2.75, 3.05) is 19.8 Å². The van der Waals surface area contributed by atoms with Crippen molar-refractivity contribution in [1.29, 1.82) is 0 Å². The number of nitrogens with two attached hydrogens (primary N) is 1. The fourth-order valence-corrected chi connectivity index (χ4v) is 6.51. The molecule has 3 heterocycles. The number of thiophene rings is 1. The Morgan fingerprint density at radius 3 is 2.21 bits per heavy atom.